The molecule has 0 aromatic carbocycles. The second kappa shape index (κ2) is 5.23. The van der Waals surface area contributed by atoms with Crippen LogP contribution in [0, 0.1) is 0 Å². The minimum atomic E-state index is 0.00207. The molecule has 2 aliphatic rings. The lowest BCUT2D eigenvalue weighted by molar-refractivity contribution is 0.0724. The molecule has 1 amide bonds. The molecule has 6 nitrogen and oxygen atoms in total. The highest BCUT2D eigenvalue weighted by Gasteiger charge is 2.34. The number of hydrogen-bond donors (Lipinski definition) is 1. The van der Waals surface area contributed by atoms with E-state index in [1.54, 1.807) is 22.2 Å². The molecule has 1 aliphatic carbocycles. The topological polar surface area (TPSA) is 63.1 Å². The summed E-state index contributed by atoms with van der Waals surface area (Å²) in [6, 6.07) is 2.78. The molecule has 0 bridgehead atoms. The van der Waals surface area contributed by atoms with Crippen molar-refractivity contribution in [3.8, 4) is 0 Å². The largest absolute Gasteiger partial charge is 0.330 e. The summed E-state index contributed by atoms with van der Waals surface area (Å²) < 4.78 is 1.80. The number of carbonyl (C=O) groups is 1. The Morgan fingerprint density at radius 2 is 2.33 bits per heavy atom. The van der Waals surface area contributed by atoms with E-state index in [1.807, 2.05) is 10.3 Å². The maximum Gasteiger partial charge on any atom is 0.276 e. The smallest absolute Gasteiger partial charge is 0.276 e. The summed E-state index contributed by atoms with van der Waals surface area (Å²) in [4.78, 5) is 14.6. The third-order valence-electron chi connectivity index (χ3n) is 4.04. The van der Waals surface area contributed by atoms with Gasteiger partial charge < -0.3 is 10.2 Å². The van der Waals surface area contributed by atoms with Gasteiger partial charge in [-0.2, -0.15) is 11.3 Å². The predicted molar refractivity (Wildman–Crippen MR) is 79.1 cm³/mol. The highest BCUT2D eigenvalue weighted by atomic mass is 32.1. The maximum atomic E-state index is 12.7. The zero-order valence-corrected chi connectivity index (χ0v) is 12.4. The summed E-state index contributed by atoms with van der Waals surface area (Å²) in [5.41, 5.74) is 1.65. The van der Waals surface area contributed by atoms with Crippen molar-refractivity contribution in [3.63, 3.8) is 0 Å². The molecule has 7 heteroatoms. The van der Waals surface area contributed by atoms with Crippen molar-refractivity contribution in [2.24, 2.45) is 0 Å². The Morgan fingerprint density at radius 3 is 2.95 bits per heavy atom. The fourth-order valence-corrected chi connectivity index (χ4v) is 3.15. The zero-order chi connectivity index (χ0) is 14.2. The van der Waals surface area contributed by atoms with Crippen molar-refractivity contribution in [2.45, 2.75) is 31.5 Å². The van der Waals surface area contributed by atoms with Crippen molar-refractivity contribution in [2.75, 3.05) is 13.1 Å². The molecule has 2 aromatic heterocycles. The Bertz CT molecular complexity index is 630. The van der Waals surface area contributed by atoms with Crippen LogP contribution in [-0.2, 0) is 6.54 Å². The lowest BCUT2D eigenvalue weighted by atomic mass is 10.2. The molecule has 1 saturated carbocycles. The summed E-state index contributed by atoms with van der Waals surface area (Å²) in [5, 5.41) is 15.5. The first kappa shape index (κ1) is 13.0. The van der Waals surface area contributed by atoms with Gasteiger partial charge in [0.25, 0.3) is 5.91 Å². The Morgan fingerprint density at radius 1 is 1.48 bits per heavy atom. The number of hydrogen-bond acceptors (Lipinski definition) is 5. The quantitative estimate of drug-likeness (QED) is 0.904. The Balaban J connectivity index is 1.51. The standard InChI is InChI=1S/C14H17N5OS/c20-14(13-8-19(17-16-13)12-5-15-6-12)18(11-1-2-11)7-10-3-4-21-9-10/h3-4,8-9,11-12,15H,1-2,5-7H2. The van der Waals surface area contributed by atoms with Crippen molar-refractivity contribution >= 4 is 17.2 Å². The molecule has 1 saturated heterocycles. The number of rotatable bonds is 5. The van der Waals surface area contributed by atoms with Gasteiger partial charge in [-0.05, 0) is 35.2 Å². The van der Waals surface area contributed by atoms with Gasteiger partial charge in [-0.3, -0.25) is 4.79 Å². The van der Waals surface area contributed by atoms with Gasteiger partial charge in [0.1, 0.15) is 0 Å². The lowest BCUT2D eigenvalue weighted by Crippen LogP contribution is -2.43. The molecule has 0 spiro atoms. The van der Waals surface area contributed by atoms with Crippen molar-refractivity contribution in [1.82, 2.24) is 25.2 Å². The number of thiophene rings is 1. The molecule has 110 valence electrons. The first-order valence-electron chi connectivity index (χ1n) is 7.26. The van der Waals surface area contributed by atoms with Crippen LogP contribution in [0.2, 0.25) is 0 Å². The molecule has 2 fully saturated rings. The first-order valence-corrected chi connectivity index (χ1v) is 8.20. The normalized spacial score (nSPS) is 18.5. The average molecular weight is 303 g/mol. The van der Waals surface area contributed by atoms with E-state index >= 15 is 0 Å². The Hall–Kier alpha value is -1.73. The highest BCUT2D eigenvalue weighted by molar-refractivity contribution is 7.07. The summed E-state index contributed by atoms with van der Waals surface area (Å²) in [5.74, 6) is 0.00207. The van der Waals surface area contributed by atoms with Gasteiger partial charge in [-0.1, -0.05) is 5.21 Å². The van der Waals surface area contributed by atoms with E-state index < -0.39 is 0 Å². The van der Waals surface area contributed by atoms with Crippen molar-refractivity contribution in [1.29, 1.82) is 0 Å². The predicted octanol–water partition coefficient (Wildman–Crippen LogP) is 1.29. The fourth-order valence-electron chi connectivity index (χ4n) is 2.49. The van der Waals surface area contributed by atoms with E-state index in [0.29, 0.717) is 24.3 Å². The summed E-state index contributed by atoms with van der Waals surface area (Å²) in [6.45, 7) is 2.47. The molecule has 2 aromatic rings. The van der Waals surface area contributed by atoms with Crippen LogP contribution in [0.25, 0.3) is 0 Å². The molecule has 0 atom stereocenters. The lowest BCUT2D eigenvalue weighted by Gasteiger charge is -2.26. The van der Waals surface area contributed by atoms with Crippen molar-refractivity contribution in [3.05, 3.63) is 34.3 Å². The van der Waals surface area contributed by atoms with Crippen LogP contribution in [0.4, 0.5) is 0 Å². The molecule has 4 rings (SSSR count). The molecule has 21 heavy (non-hydrogen) atoms. The maximum absolute atomic E-state index is 12.7. The molecule has 1 aliphatic heterocycles. The highest BCUT2D eigenvalue weighted by Crippen LogP contribution is 2.30. The molecule has 1 N–H and O–H groups in total. The van der Waals surface area contributed by atoms with Crippen LogP contribution >= 0.6 is 11.3 Å². The third kappa shape index (κ3) is 2.58. The minimum Gasteiger partial charge on any atom is -0.330 e. The van der Waals surface area contributed by atoms with Gasteiger partial charge >= 0.3 is 0 Å². The van der Waals surface area contributed by atoms with Crippen LogP contribution in [-0.4, -0.2) is 44.9 Å². The zero-order valence-electron chi connectivity index (χ0n) is 11.6. The van der Waals surface area contributed by atoms with E-state index in [-0.39, 0.29) is 5.91 Å². The SMILES string of the molecule is O=C(c1cn(C2CNC2)nn1)N(Cc1ccsc1)C1CC1. The second-order valence-corrected chi connectivity index (χ2v) is 6.47. The first-order chi connectivity index (χ1) is 10.3. The van der Waals surface area contributed by atoms with Crippen molar-refractivity contribution < 1.29 is 4.79 Å². The number of aromatic nitrogens is 3. The van der Waals surface area contributed by atoms with Gasteiger partial charge in [0.05, 0.1) is 12.2 Å². The number of amides is 1. The van der Waals surface area contributed by atoms with Crippen LogP contribution < -0.4 is 5.32 Å². The molecule has 0 unspecified atom stereocenters. The molecular formula is C14H17N5OS. The summed E-state index contributed by atoms with van der Waals surface area (Å²) in [6.07, 6.45) is 3.98. The van der Waals surface area contributed by atoms with Gasteiger partial charge in [-0.25, -0.2) is 4.68 Å². The Labute approximate surface area is 126 Å². The molecular weight excluding hydrogens is 286 g/mol. The summed E-state index contributed by atoms with van der Waals surface area (Å²) >= 11 is 1.66. The van der Waals surface area contributed by atoms with E-state index in [2.05, 4.69) is 27.1 Å². The van der Waals surface area contributed by atoms with Crippen LogP contribution in [0.5, 0.6) is 0 Å². The number of nitrogens with one attached hydrogen (secondary N) is 1. The molecule has 3 heterocycles. The van der Waals surface area contributed by atoms with E-state index in [4.69, 9.17) is 0 Å². The van der Waals surface area contributed by atoms with Gasteiger partial charge in [0, 0.05) is 25.7 Å². The van der Waals surface area contributed by atoms with E-state index in [9.17, 15) is 4.79 Å². The third-order valence-corrected chi connectivity index (χ3v) is 4.78. The van der Waals surface area contributed by atoms with Gasteiger partial charge in [-0.15, -0.1) is 5.10 Å². The van der Waals surface area contributed by atoms with E-state index in [1.165, 1.54) is 5.56 Å². The van der Waals surface area contributed by atoms with Crippen LogP contribution in [0.15, 0.2) is 23.0 Å². The minimum absolute atomic E-state index is 0.00207. The monoisotopic (exact) mass is 303 g/mol. The molecule has 0 radical (unpaired) electrons. The second-order valence-electron chi connectivity index (χ2n) is 5.69. The van der Waals surface area contributed by atoms with Crippen LogP contribution in [0.3, 0.4) is 0 Å². The van der Waals surface area contributed by atoms with E-state index in [0.717, 1.165) is 25.9 Å². The fraction of sp³-hybridized carbons (Fsp3) is 0.500. The van der Waals surface area contributed by atoms with Crippen LogP contribution in [0.1, 0.15) is 34.9 Å². The average Bonchev–Trinajstić information content (AvgIpc) is 2.95. The van der Waals surface area contributed by atoms with Gasteiger partial charge in [0.2, 0.25) is 0 Å². The number of carbonyl (C=O) groups excluding carboxylic acids is 1. The summed E-state index contributed by atoms with van der Waals surface area (Å²) in [7, 11) is 0. The Kier molecular flexibility index (Phi) is 3.23. The van der Waals surface area contributed by atoms with Gasteiger partial charge in [0.15, 0.2) is 5.69 Å². The number of nitrogens with zero attached hydrogens (tertiary/aromatic N) is 4.